The van der Waals surface area contributed by atoms with Crippen LogP contribution in [0.5, 0.6) is 5.75 Å². The van der Waals surface area contributed by atoms with Crippen molar-refractivity contribution in [3.8, 4) is 28.0 Å². The van der Waals surface area contributed by atoms with Gasteiger partial charge in [0, 0.05) is 23.3 Å². The van der Waals surface area contributed by atoms with Gasteiger partial charge in [-0.2, -0.15) is 0 Å². The maximum Gasteiger partial charge on any atom is 0.270 e. The molecule has 3 aromatic rings. The molecule has 0 bridgehead atoms. The molecule has 0 unspecified atom stereocenters. The summed E-state index contributed by atoms with van der Waals surface area (Å²) in [5.74, 6) is 0.149. The van der Waals surface area contributed by atoms with E-state index in [0.717, 1.165) is 22.3 Å². The molecule has 0 aliphatic rings. The molecule has 1 amide bonds. The van der Waals surface area contributed by atoms with Gasteiger partial charge in [0.05, 0.1) is 12.0 Å². The van der Waals surface area contributed by atoms with E-state index in [0.29, 0.717) is 16.9 Å². The Morgan fingerprint density at radius 3 is 2.33 bits per heavy atom. The molecule has 136 valence electrons. The number of nitrogens with zero attached hydrogens (tertiary/aromatic N) is 1. The van der Waals surface area contributed by atoms with Crippen molar-refractivity contribution in [3.63, 3.8) is 0 Å². The van der Waals surface area contributed by atoms with Crippen molar-refractivity contribution in [2.75, 3.05) is 7.11 Å². The van der Waals surface area contributed by atoms with Crippen molar-refractivity contribution in [3.05, 3.63) is 81.9 Å². The zero-order chi connectivity index (χ0) is 19.6. The van der Waals surface area contributed by atoms with Crippen molar-refractivity contribution >= 4 is 11.6 Å². The molecule has 0 aliphatic carbocycles. The first-order valence-corrected chi connectivity index (χ1v) is 8.24. The highest BCUT2D eigenvalue weighted by Gasteiger charge is 2.13. The standard InChI is InChI=1S/C21H18N2O4/c1-13-10-14(6-8-18(13)21(22)24)15-7-9-20(27-2)19(12-15)16-4-3-5-17(11-16)23(25)26/h3-12H,1-2H3,(H2,22,24). The van der Waals surface area contributed by atoms with E-state index in [-0.39, 0.29) is 5.69 Å². The van der Waals surface area contributed by atoms with Gasteiger partial charge in [-0.05, 0) is 47.4 Å². The molecular formula is C21H18N2O4. The minimum Gasteiger partial charge on any atom is -0.496 e. The quantitative estimate of drug-likeness (QED) is 0.539. The molecule has 0 radical (unpaired) electrons. The molecule has 0 fully saturated rings. The highest BCUT2D eigenvalue weighted by atomic mass is 16.6. The van der Waals surface area contributed by atoms with Crippen LogP contribution in [0.4, 0.5) is 5.69 Å². The number of methoxy groups -OCH3 is 1. The summed E-state index contributed by atoms with van der Waals surface area (Å²) in [5.41, 5.74) is 9.89. The van der Waals surface area contributed by atoms with Gasteiger partial charge < -0.3 is 10.5 Å². The molecule has 0 aromatic heterocycles. The van der Waals surface area contributed by atoms with Crippen LogP contribution in [0.1, 0.15) is 15.9 Å². The van der Waals surface area contributed by atoms with Crippen molar-refractivity contribution < 1.29 is 14.5 Å². The van der Waals surface area contributed by atoms with Gasteiger partial charge in [-0.1, -0.05) is 30.3 Å². The van der Waals surface area contributed by atoms with Crippen LogP contribution < -0.4 is 10.5 Å². The second-order valence-corrected chi connectivity index (χ2v) is 6.12. The number of carbonyl (C=O) groups is 1. The van der Waals surface area contributed by atoms with E-state index in [1.807, 2.05) is 37.3 Å². The third kappa shape index (κ3) is 3.64. The lowest BCUT2D eigenvalue weighted by Gasteiger charge is -2.12. The number of benzene rings is 3. The lowest BCUT2D eigenvalue weighted by Crippen LogP contribution is -2.12. The van der Waals surface area contributed by atoms with Gasteiger partial charge in [-0.15, -0.1) is 0 Å². The summed E-state index contributed by atoms with van der Waals surface area (Å²) < 4.78 is 5.43. The SMILES string of the molecule is COc1ccc(-c2ccc(C(N)=O)c(C)c2)cc1-c1cccc([N+](=O)[O-])c1. The summed E-state index contributed by atoms with van der Waals surface area (Å²) in [5, 5.41) is 11.1. The fourth-order valence-electron chi connectivity index (χ4n) is 3.02. The minimum atomic E-state index is -0.467. The van der Waals surface area contributed by atoms with Crippen LogP contribution in [0, 0.1) is 17.0 Å². The van der Waals surface area contributed by atoms with Crippen LogP contribution in [0.25, 0.3) is 22.3 Å². The van der Waals surface area contributed by atoms with Crippen molar-refractivity contribution in [1.82, 2.24) is 0 Å². The predicted molar refractivity (Wildman–Crippen MR) is 104 cm³/mol. The summed E-state index contributed by atoms with van der Waals surface area (Å²) in [6.07, 6.45) is 0. The van der Waals surface area contributed by atoms with Crippen molar-refractivity contribution in [2.24, 2.45) is 5.73 Å². The fraction of sp³-hybridized carbons (Fsp3) is 0.0952. The number of hydrogen-bond acceptors (Lipinski definition) is 4. The van der Waals surface area contributed by atoms with Gasteiger partial charge in [-0.3, -0.25) is 14.9 Å². The van der Waals surface area contributed by atoms with Gasteiger partial charge in [0.25, 0.3) is 5.69 Å². The number of rotatable bonds is 5. The van der Waals surface area contributed by atoms with Gasteiger partial charge in [0.2, 0.25) is 5.91 Å². The van der Waals surface area contributed by atoms with Gasteiger partial charge >= 0.3 is 0 Å². The maximum atomic E-state index is 11.4. The molecule has 0 aliphatic heterocycles. The number of amides is 1. The second-order valence-electron chi connectivity index (χ2n) is 6.12. The molecule has 0 atom stereocenters. The number of nitrogens with two attached hydrogens (primary N) is 1. The highest BCUT2D eigenvalue weighted by Crippen LogP contribution is 2.36. The van der Waals surface area contributed by atoms with Gasteiger partial charge in [0.15, 0.2) is 0 Å². The van der Waals surface area contributed by atoms with Crippen molar-refractivity contribution in [2.45, 2.75) is 6.92 Å². The summed E-state index contributed by atoms with van der Waals surface area (Å²) in [6.45, 7) is 1.83. The fourth-order valence-corrected chi connectivity index (χ4v) is 3.02. The first-order valence-electron chi connectivity index (χ1n) is 8.24. The highest BCUT2D eigenvalue weighted by molar-refractivity contribution is 5.95. The van der Waals surface area contributed by atoms with E-state index in [2.05, 4.69) is 0 Å². The zero-order valence-electron chi connectivity index (χ0n) is 14.9. The Morgan fingerprint density at radius 1 is 1.00 bits per heavy atom. The molecule has 0 saturated carbocycles. The molecule has 3 aromatic carbocycles. The van der Waals surface area contributed by atoms with Crippen LogP contribution in [-0.2, 0) is 0 Å². The van der Waals surface area contributed by atoms with E-state index in [9.17, 15) is 14.9 Å². The first-order chi connectivity index (χ1) is 12.9. The topological polar surface area (TPSA) is 95.5 Å². The number of nitro benzene ring substituents is 1. The van der Waals surface area contributed by atoms with Crippen LogP contribution in [-0.4, -0.2) is 17.9 Å². The molecular weight excluding hydrogens is 344 g/mol. The molecule has 0 heterocycles. The number of carbonyl (C=O) groups excluding carboxylic acids is 1. The van der Waals surface area contributed by atoms with Crippen LogP contribution in [0.2, 0.25) is 0 Å². The van der Waals surface area contributed by atoms with E-state index in [1.54, 1.807) is 25.3 Å². The van der Waals surface area contributed by atoms with E-state index < -0.39 is 10.8 Å². The Morgan fingerprint density at radius 2 is 1.70 bits per heavy atom. The third-order valence-electron chi connectivity index (χ3n) is 4.39. The van der Waals surface area contributed by atoms with Gasteiger partial charge in [-0.25, -0.2) is 0 Å². The number of hydrogen-bond donors (Lipinski definition) is 1. The summed E-state index contributed by atoms with van der Waals surface area (Å²) in [4.78, 5) is 22.1. The lowest BCUT2D eigenvalue weighted by atomic mass is 9.95. The monoisotopic (exact) mass is 362 g/mol. The first kappa shape index (κ1) is 18.1. The average molecular weight is 362 g/mol. The molecule has 6 nitrogen and oxygen atoms in total. The largest absolute Gasteiger partial charge is 0.496 e. The molecule has 0 saturated heterocycles. The Bertz CT molecular complexity index is 1040. The average Bonchev–Trinajstić information content (AvgIpc) is 2.67. The lowest BCUT2D eigenvalue weighted by molar-refractivity contribution is -0.384. The molecule has 3 rings (SSSR count). The number of aryl methyl sites for hydroxylation is 1. The van der Waals surface area contributed by atoms with Gasteiger partial charge in [0.1, 0.15) is 5.75 Å². The Hall–Kier alpha value is -3.67. The summed E-state index contributed by atoms with van der Waals surface area (Å²) in [6, 6.07) is 17.5. The number of primary amides is 1. The molecule has 27 heavy (non-hydrogen) atoms. The molecule has 0 spiro atoms. The van der Waals surface area contributed by atoms with Crippen molar-refractivity contribution in [1.29, 1.82) is 0 Å². The Labute approximate surface area is 156 Å². The predicted octanol–water partition coefficient (Wildman–Crippen LogP) is 4.34. The van der Waals surface area contributed by atoms with Crippen LogP contribution >= 0.6 is 0 Å². The summed E-state index contributed by atoms with van der Waals surface area (Å²) >= 11 is 0. The maximum absolute atomic E-state index is 11.4. The number of non-ortho nitro benzene ring substituents is 1. The van der Waals surface area contributed by atoms with E-state index in [1.165, 1.54) is 12.1 Å². The molecule has 6 heteroatoms. The van der Waals surface area contributed by atoms with Crippen LogP contribution in [0.3, 0.4) is 0 Å². The molecule has 2 N–H and O–H groups in total. The Kier molecular flexibility index (Phi) is 4.90. The van der Waals surface area contributed by atoms with E-state index >= 15 is 0 Å². The normalized spacial score (nSPS) is 10.4. The van der Waals surface area contributed by atoms with E-state index in [4.69, 9.17) is 10.5 Å². The minimum absolute atomic E-state index is 0.0154. The zero-order valence-corrected chi connectivity index (χ0v) is 14.9. The number of ether oxygens (including phenoxy) is 1. The number of nitro groups is 1. The van der Waals surface area contributed by atoms with Crippen LogP contribution in [0.15, 0.2) is 60.7 Å². The third-order valence-corrected chi connectivity index (χ3v) is 4.39. The summed E-state index contributed by atoms with van der Waals surface area (Å²) in [7, 11) is 1.56. The smallest absolute Gasteiger partial charge is 0.270 e. The Balaban J connectivity index is 2.12. The second kappa shape index (κ2) is 7.29.